The van der Waals surface area contributed by atoms with Crippen molar-refractivity contribution in [2.75, 3.05) is 0 Å². The van der Waals surface area contributed by atoms with Crippen molar-refractivity contribution in [2.45, 2.75) is 19.3 Å². The van der Waals surface area contributed by atoms with Gasteiger partial charge in [-0.3, -0.25) is 4.79 Å². The molecule has 0 amide bonds. The Morgan fingerprint density at radius 3 is 2.60 bits per heavy atom. The smallest absolute Gasteiger partial charge is 0.154 e. The van der Waals surface area contributed by atoms with Crippen LogP contribution in [0.1, 0.15) is 24.8 Å². The average molecular weight is 242 g/mol. The van der Waals surface area contributed by atoms with Crippen LogP contribution in [0, 0.1) is 11.3 Å². The summed E-state index contributed by atoms with van der Waals surface area (Å²) in [7, 11) is 0. The van der Waals surface area contributed by atoms with Crippen molar-refractivity contribution in [3.8, 4) is 6.07 Å². The first-order valence-electron chi connectivity index (χ1n) is 4.47. The number of rotatable bonds is 3. The second-order valence-electron chi connectivity index (χ2n) is 3.06. The molecule has 1 aromatic rings. The van der Waals surface area contributed by atoms with Crippen molar-refractivity contribution in [3.63, 3.8) is 0 Å². The molecule has 1 rings (SSSR count). The SMILES string of the molecule is CCC(=O)C(C#N)c1ccc(Cl)c(Cl)c1. The van der Waals surface area contributed by atoms with Crippen LogP contribution in [-0.2, 0) is 4.79 Å². The van der Waals surface area contributed by atoms with E-state index in [4.69, 9.17) is 28.5 Å². The Labute approximate surface area is 98.4 Å². The van der Waals surface area contributed by atoms with Gasteiger partial charge in [0.2, 0.25) is 0 Å². The monoisotopic (exact) mass is 241 g/mol. The van der Waals surface area contributed by atoms with Crippen LogP contribution in [0.4, 0.5) is 0 Å². The first kappa shape index (κ1) is 12.0. The first-order chi connectivity index (χ1) is 7.10. The number of Topliss-reactive ketones (excluding diaryl/α,β-unsaturated/α-hetero) is 1. The number of hydrogen-bond donors (Lipinski definition) is 0. The Hall–Kier alpha value is -1.04. The van der Waals surface area contributed by atoms with Crippen LogP contribution in [0.2, 0.25) is 10.0 Å². The Kier molecular flexibility index (Phi) is 4.14. The number of hydrogen-bond acceptors (Lipinski definition) is 2. The highest BCUT2D eigenvalue weighted by atomic mass is 35.5. The Morgan fingerprint density at radius 2 is 2.13 bits per heavy atom. The molecule has 0 fully saturated rings. The number of nitrogens with zero attached hydrogens (tertiary/aromatic N) is 1. The highest BCUT2D eigenvalue weighted by Gasteiger charge is 2.18. The molecular formula is C11H9Cl2NO. The van der Waals surface area contributed by atoms with Gasteiger partial charge in [0.25, 0.3) is 0 Å². The zero-order chi connectivity index (χ0) is 11.4. The van der Waals surface area contributed by atoms with Gasteiger partial charge in [-0.15, -0.1) is 0 Å². The lowest BCUT2D eigenvalue weighted by Crippen LogP contribution is -2.09. The zero-order valence-electron chi connectivity index (χ0n) is 8.13. The van der Waals surface area contributed by atoms with E-state index in [1.165, 1.54) is 0 Å². The van der Waals surface area contributed by atoms with Crippen LogP contribution in [0.5, 0.6) is 0 Å². The van der Waals surface area contributed by atoms with Gasteiger partial charge in [0.1, 0.15) is 5.92 Å². The second kappa shape index (κ2) is 5.16. The summed E-state index contributed by atoms with van der Waals surface area (Å²) < 4.78 is 0. The Bertz CT molecular complexity index is 423. The average Bonchev–Trinajstić information content (AvgIpc) is 2.24. The van der Waals surface area contributed by atoms with Gasteiger partial charge >= 0.3 is 0 Å². The zero-order valence-corrected chi connectivity index (χ0v) is 9.64. The van der Waals surface area contributed by atoms with E-state index in [0.717, 1.165) is 0 Å². The molecule has 0 saturated carbocycles. The third-order valence-corrected chi connectivity index (χ3v) is 2.82. The van der Waals surface area contributed by atoms with Crippen molar-refractivity contribution < 1.29 is 4.79 Å². The van der Waals surface area contributed by atoms with Crippen LogP contribution in [0.25, 0.3) is 0 Å². The van der Waals surface area contributed by atoms with E-state index >= 15 is 0 Å². The molecule has 1 aromatic carbocycles. The predicted molar refractivity (Wildman–Crippen MR) is 60.1 cm³/mol. The van der Waals surface area contributed by atoms with E-state index in [0.29, 0.717) is 22.0 Å². The van der Waals surface area contributed by atoms with Crippen LogP contribution >= 0.6 is 23.2 Å². The van der Waals surface area contributed by atoms with E-state index in [-0.39, 0.29) is 5.78 Å². The quantitative estimate of drug-likeness (QED) is 0.812. The topological polar surface area (TPSA) is 40.9 Å². The molecule has 78 valence electrons. The largest absolute Gasteiger partial charge is 0.298 e. The van der Waals surface area contributed by atoms with Gasteiger partial charge in [-0.1, -0.05) is 36.2 Å². The second-order valence-corrected chi connectivity index (χ2v) is 3.87. The minimum absolute atomic E-state index is 0.115. The minimum atomic E-state index is -0.746. The fourth-order valence-electron chi connectivity index (χ4n) is 1.23. The lowest BCUT2D eigenvalue weighted by Gasteiger charge is -2.07. The van der Waals surface area contributed by atoms with E-state index in [1.807, 2.05) is 6.07 Å². The van der Waals surface area contributed by atoms with Crippen LogP contribution in [0.15, 0.2) is 18.2 Å². The summed E-state index contributed by atoms with van der Waals surface area (Å²) in [6, 6.07) is 6.76. The van der Waals surface area contributed by atoms with E-state index in [2.05, 4.69) is 0 Å². The number of nitriles is 1. The summed E-state index contributed by atoms with van der Waals surface area (Å²) in [6.45, 7) is 1.73. The molecule has 0 bridgehead atoms. The van der Waals surface area contributed by atoms with Gasteiger partial charge in [-0.25, -0.2) is 0 Å². The number of carbonyl (C=O) groups is 1. The maximum absolute atomic E-state index is 11.4. The molecule has 15 heavy (non-hydrogen) atoms. The predicted octanol–water partition coefficient (Wildman–Crippen LogP) is 3.58. The molecule has 0 spiro atoms. The number of halogens is 2. The highest BCUT2D eigenvalue weighted by Crippen LogP contribution is 2.27. The summed E-state index contributed by atoms with van der Waals surface area (Å²) in [5, 5.41) is 9.67. The molecule has 1 unspecified atom stereocenters. The van der Waals surface area contributed by atoms with Crippen LogP contribution in [-0.4, -0.2) is 5.78 Å². The van der Waals surface area contributed by atoms with Crippen molar-refractivity contribution in [2.24, 2.45) is 0 Å². The molecule has 0 aromatic heterocycles. The molecule has 1 atom stereocenters. The maximum Gasteiger partial charge on any atom is 0.154 e. The van der Waals surface area contributed by atoms with Crippen molar-refractivity contribution in [3.05, 3.63) is 33.8 Å². The normalized spacial score (nSPS) is 11.9. The van der Waals surface area contributed by atoms with Gasteiger partial charge < -0.3 is 0 Å². The van der Waals surface area contributed by atoms with E-state index in [1.54, 1.807) is 25.1 Å². The van der Waals surface area contributed by atoms with Crippen molar-refractivity contribution in [1.29, 1.82) is 5.26 Å². The lowest BCUT2D eigenvalue weighted by atomic mass is 9.95. The number of ketones is 1. The maximum atomic E-state index is 11.4. The molecule has 0 N–H and O–H groups in total. The summed E-state index contributed by atoms with van der Waals surface area (Å²) >= 11 is 11.6. The Balaban J connectivity index is 3.09. The van der Waals surface area contributed by atoms with E-state index in [9.17, 15) is 4.79 Å². The Morgan fingerprint density at radius 1 is 1.47 bits per heavy atom. The third-order valence-electron chi connectivity index (χ3n) is 2.08. The minimum Gasteiger partial charge on any atom is -0.298 e. The summed E-state index contributed by atoms with van der Waals surface area (Å²) in [5.41, 5.74) is 0.596. The van der Waals surface area contributed by atoms with Crippen molar-refractivity contribution in [1.82, 2.24) is 0 Å². The molecule has 0 saturated heterocycles. The van der Waals surface area contributed by atoms with E-state index < -0.39 is 5.92 Å². The summed E-state index contributed by atoms with van der Waals surface area (Å²) in [6.07, 6.45) is 0.332. The van der Waals surface area contributed by atoms with Gasteiger partial charge in [0, 0.05) is 6.42 Å². The molecular weight excluding hydrogens is 233 g/mol. The van der Waals surface area contributed by atoms with Gasteiger partial charge in [-0.2, -0.15) is 5.26 Å². The molecule has 2 nitrogen and oxygen atoms in total. The molecule has 0 aliphatic rings. The number of carbonyl (C=O) groups excluding carboxylic acids is 1. The van der Waals surface area contributed by atoms with Gasteiger partial charge in [-0.05, 0) is 17.7 Å². The molecule has 0 aliphatic carbocycles. The van der Waals surface area contributed by atoms with Crippen molar-refractivity contribution >= 4 is 29.0 Å². The first-order valence-corrected chi connectivity index (χ1v) is 5.23. The fourth-order valence-corrected chi connectivity index (χ4v) is 1.54. The van der Waals surface area contributed by atoms with Gasteiger partial charge in [0.15, 0.2) is 5.78 Å². The third kappa shape index (κ3) is 2.71. The number of benzene rings is 1. The fraction of sp³-hybridized carbons (Fsp3) is 0.273. The molecule has 0 aliphatic heterocycles. The van der Waals surface area contributed by atoms with Gasteiger partial charge in [0.05, 0.1) is 16.1 Å². The van der Waals surface area contributed by atoms with Crippen LogP contribution in [0.3, 0.4) is 0 Å². The molecule has 4 heteroatoms. The molecule has 0 radical (unpaired) electrons. The lowest BCUT2D eigenvalue weighted by molar-refractivity contribution is -0.119. The molecule has 0 heterocycles. The highest BCUT2D eigenvalue weighted by molar-refractivity contribution is 6.42. The van der Waals surface area contributed by atoms with Crippen LogP contribution < -0.4 is 0 Å². The standard InChI is InChI=1S/C11H9Cl2NO/c1-2-11(15)8(6-14)7-3-4-9(12)10(13)5-7/h3-5,8H,2H2,1H3. The summed E-state index contributed by atoms with van der Waals surface area (Å²) in [4.78, 5) is 11.4. The summed E-state index contributed by atoms with van der Waals surface area (Å²) in [5.74, 6) is -0.861.